The van der Waals surface area contributed by atoms with Gasteiger partial charge in [0.1, 0.15) is 9.75 Å². The summed E-state index contributed by atoms with van der Waals surface area (Å²) in [5.41, 5.74) is 2.36. The number of halogens is 4. The van der Waals surface area contributed by atoms with Gasteiger partial charge in [0.15, 0.2) is 0 Å². The fraction of sp³-hybridized carbons (Fsp3) is 0.304. The number of carbonyl (C=O) groups is 2. The molecule has 1 saturated carbocycles. The average Bonchev–Trinajstić information content (AvgIpc) is 3.24. The van der Waals surface area contributed by atoms with Gasteiger partial charge in [0.05, 0.1) is 27.6 Å². The zero-order chi connectivity index (χ0) is 23.1. The second-order valence-corrected chi connectivity index (χ2v) is 9.90. The van der Waals surface area contributed by atoms with Crippen LogP contribution >= 0.6 is 46.4 Å². The largest absolute Gasteiger partial charge is 0.350 e. The molecule has 2 aromatic rings. The number of amides is 2. The van der Waals surface area contributed by atoms with Crippen molar-refractivity contribution in [2.24, 2.45) is 11.8 Å². The number of hydrogen-bond donors (Lipinski definition) is 0. The summed E-state index contributed by atoms with van der Waals surface area (Å²) in [6.07, 6.45) is 0. The Morgan fingerprint density at radius 2 is 1.19 bits per heavy atom. The van der Waals surface area contributed by atoms with Crippen LogP contribution in [0, 0.1) is 11.8 Å². The molecule has 166 valence electrons. The number of fused-ring (bicyclic) bond motifs is 5. The fourth-order valence-electron chi connectivity index (χ4n) is 5.39. The van der Waals surface area contributed by atoms with E-state index in [0.29, 0.717) is 5.69 Å². The lowest BCUT2D eigenvalue weighted by atomic mass is 9.84. The molecule has 4 unspecified atom stereocenters. The maximum absolute atomic E-state index is 13.6. The number of carbonyl (C=O) groups excluding carboxylic acids is 2. The lowest BCUT2D eigenvalue weighted by Gasteiger charge is -2.42. The molecule has 0 spiro atoms. The van der Waals surface area contributed by atoms with Gasteiger partial charge in [-0.3, -0.25) is 9.59 Å². The van der Waals surface area contributed by atoms with E-state index in [1.807, 2.05) is 42.5 Å². The van der Waals surface area contributed by atoms with Gasteiger partial charge in [0, 0.05) is 14.2 Å². The van der Waals surface area contributed by atoms with Gasteiger partial charge in [-0.25, -0.2) is 4.90 Å². The van der Waals surface area contributed by atoms with Crippen LogP contribution in [0.25, 0.3) is 11.1 Å². The van der Waals surface area contributed by atoms with Crippen LogP contribution in [-0.2, 0) is 19.1 Å². The van der Waals surface area contributed by atoms with Gasteiger partial charge in [-0.2, -0.15) is 0 Å². The summed E-state index contributed by atoms with van der Waals surface area (Å²) in [5, 5.41) is -0.105. The highest BCUT2D eigenvalue weighted by molar-refractivity contribution is 6.54. The summed E-state index contributed by atoms with van der Waals surface area (Å²) in [6, 6.07) is 16.9. The first-order valence-corrected chi connectivity index (χ1v) is 11.3. The van der Waals surface area contributed by atoms with Gasteiger partial charge in [-0.1, -0.05) is 65.7 Å². The van der Waals surface area contributed by atoms with Crippen molar-refractivity contribution in [1.82, 2.24) is 0 Å². The van der Waals surface area contributed by atoms with Crippen molar-refractivity contribution in [2.75, 3.05) is 19.1 Å². The molecule has 5 nitrogen and oxygen atoms in total. The van der Waals surface area contributed by atoms with E-state index in [2.05, 4.69) is 0 Å². The molecule has 9 heteroatoms. The van der Waals surface area contributed by atoms with Crippen LogP contribution < -0.4 is 4.90 Å². The van der Waals surface area contributed by atoms with E-state index in [1.54, 1.807) is 12.1 Å². The van der Waals surface area contributed by atoms with Crippen LogP contribution in [0.3, 0.4) is 0 Å². The van der Waals surface area contributed by atoms with Gasteiger partial charge in [0.2, 0.25) is 17.6 Å². The Bertz CT molecular complexity index is 1120. The SMILES string of the molecule is COC1(OC)C2(Cl)C(Cl)=C(Cl)C1(Cl)C1C(=O)N(c3ccc(-c4ccccc4)cc3)C(=O)C12. The summed E-state index contributed by atoms with van der Waals surface area (Å²) in [5.74, 6) is -5.09. The van der Waals surface area contributed by atoms with Gasteiger partial charge in [0.25, 0.3) is 0 Å². The highest BCUT2D eigenvalue weighted by Crippen LogP contribution is 2.75. The van der Waals surface area contributed by atoms with Crippen LogP contribution in [0.4, 0.5) is 5.69 Å². The Balaban J connectivity index is 1.59. The molecule has 0 radical (unpaired) electrons. The van der Waals surface area contributed by atoms with Crippen molar-refractivity contribution in [3.8, 4) is 11.1 Å². The normalized spacial score (nSPS) is 32.8. The molecule has 2 fully saturated rings. The predicted octanol–water partition coefficient (Wildman–Crippen LogP) is 5.12. The molecule has 32 heavy (non-hydrogen) atoms. The number of imide groups is 1. The minimum atomic E-state index is -1.79. The smallest absolute Gasteiger partial charge is 0.240 e. The molecule has 1 aliphatic heterocycles. The van der Waals surface area contributed by atoms with Crippen molar-refractivity contribution in [2.45, 2.75) is 15.5 Å². The zero-order valence-electron chi connectivity index (χ0n) is 16.9. The fourth-order valence-corrected chi connectivity index (χ4v) is 7.55. The minimum absolute atomic E-state index is 0.0526. The lowest BCUT2D eigenvalue weighted by Crippen LogP contribution is -2.60. The van der Waals surface area contributed by atoms with Crippen LogP contribution in [0.1, 0.15) is 0 Å². The minimum Gasteiger partial charge on any atom is -0.350 e. The molecule has 2 bridgehead atoms. The number of ether oxygens (including phenoxy) is 2. The van der Waals surface area contributed by atoms with E-state index in [-0.39, 0.29) is 10.1 Å². The number of hydrogen-bond acceptors (Lipinski definition) is 4. The molecule has 4 atom stereocenters. The summed E-state index contributed by atoms with van der Waals surface area (Å²) in [4.78, 5) is 24.8. The predicted molar refractivity (Wildman–Crippen MR) is 124 cm³/mol. The van der Waals surface area contributed by atoms with Crippen LogP contribution in [0.5, 0.6) is 0 Å². The van der Waals surface area contributed by atoms with Crippen molar-refractivity contribution in [3.05, 3.63) is 64.7 Å². The van der Waals surface area contributed by atoms with E-state index in [0.717, 1.165) is 16.0 Å². The molecule has 3 aliphatic rings. The third kappa shape index (κ3) is 2.29. The summed E-state index contributed by atoms with van der Waals surface area (Å²) >= 11 is 26.9. The average molecular weight is 513 g/mol. The Labute approximate surface area is 204 Å². The summed E-state index contributed by atoms with van der Waals surface area (Å²) in [6.45, 7) is 0. The molecule has 2 amide bonds. The molecule has 2 aliphatic carbocycles. The van der Waals surface area contributed by atoms with E-state index in [1.165, 1.54) is 14.2 Å². The number of nitrogens with zero attached hydrogens (tertiary/aromatic N) is 1. The Hall–Kier alpha value is -1.60. The number of benzene rings is 2. The molecule has 1 saturated heterocycles. The highest BCUT2D eigenvalue weighted by atomic mass is 35.5. The zero-order valence-corrected chi connectivity index (χ0v) is 20.0. The topological polar surface area (TPSA) is 55.8 Å². The lowest BCUT2D eigenvalue weighted by molar-refractivity contribution is -0.221. The first kappa shape index (κ1) is 22.2. The van der Waals surface area contributed by atoms with Crippen molar-refractivity contribution in [1.29, 1.82) is 0 Å². The molecule has 1 heterocycles. The van der Waals surface area contributed by atoms with Gasteiger partial charge in [-0.05, 0) is 23.3 Å². The molecule has 0 N–H and O–H groups in total. The quantitative estimate of drug-likeness (QED) is 0.324. The van der Waals surface area contributed by atoms with Crippen LogP contribution in [0.2, 0.25) is 0 Å². The first-order valence-electron chi connectivity index (χ1n) is 9.78. The van der Waals surface area contributed by atoms with E-state index >= 15 is 0 Å². The number of rotatable bonds is 4. The maximum Gasteiger partial charge on any atom is 0.240 e. The maximum atomic E-state index is 13.6. The van der Waals surface area contributed by atoms with Crippen molar-refractivity contribution in [3.63, 3.8) is 0 Å². The molecule has 2 aromatic carbocycles. The Morgan fingerprint density at radius 1 is 0.750 bits per heavy atom. The molecular formula is C23H17Cl4NO4. The summed E-state index contributed by atoms with van der Waals surface area (Å²) in [7, 11) is 2.65. The third-order valence-electron chi connectivity index (χ3n) is 6.76. The first-order chi connectivity index (χ1) is 15.2. The van der Waals surface area contributed by atoms with E-state index in [4.69, 9.17) is 55.9 Å². The molecular weight excluding hydrogens is 496 g/mol. The molecule has 5 rings (SSSR count). The summed E-state index contributed by atoms with van der Waals surface area (Å²) < 4.78 is 11.2. The second kappa shape index (κ2) is 7.20. The number of alkyl halides is 2. The Morgan fingerprint density at radius 3 is 1.62 bits per heavy atom. The standard InChI is InChI=1S/C23H17Cl4NO4/c1-31-23(32-2)21(26)15-16(22(23,27)18(25)17(21)24)20(30)28(19(15)29)14-10-8-13(9-11-14)12-6-4-3-5-7-12/h3-11,15-16H,1-2H3. The second-order valence-electron chi connectivity index (χ2n) is 7.96. The monoisotopic (exact) mass is 511 g/mol. The van der Waals surface area contributed by atoms with Gasteiger partial charge >= 0.3 is 0 Å². The van der Waals surface area contributed by atoms with Gasteiger partial charge in [-0.15, -0.1) is 23.2 Å². The van der Waals surface area contributed by atoms with Crippen molar-refractivity contribution < 1.29 is 19.1 Å². The van der Waals surface area contributed by atoms with Crippen LogP contribution in [0.15, 0.2) is 64.7 Å². The number of methoxy groups -OCH3 is 2. The third-order valence-corrected chi connectivity index (χ3v) is 9.37. The van der Waals surface area contributed by atoms with E-state index in [9.17, 15) is 9.59 Å². The van der Waals surface area contributed by atoms with Gasteiger partial charge < -0.3 is 9.47 Å². The molecule has 0 aromatic heterocycles. The van der Waals surface area contributed by atoms with Crippen LogP contribution in [-0.4, -0.2) is 41.6 Å². The van der Waals surface area contributed by atoms with Crippen molar-refractivity contribution >= 4 is 63.9 Å². The number of anilines is 1. The van der Waals surface area contributed by atoms with E-state index < -0.39 is 39.2 Å². The Kier molecular flexibility index (Phi) is 4.99. The highest BCUT2D eigenvalue weighted by Gasteiger charge is 2.89.